The van der Waals surface area contributed by atoms with Gasteiger partial charge in [0, 0.05) is 42.3 Å². The van der Waals surface area contributed by atoms with Gasteiger partial charge in [-0.3, -0.25) is 14.7 Å². The van der Waals surface area contributed by atoms with E-state index in [1.54, 1.807) is 17.3 Å². The van der Waals surface area contributed by atoms with Crippen molar-refractivity contribution in [1.82, 2.24) is 9.97 Å². The summed E-state index contributed by atoms with van der Waals surface area (Å²) in [6.07, 6.45) is 3.86. The molecule has 1 fully saturated rings. The van der Waals surface area contributed by atoms with Crippen molar-refractivity contribution in [1.29, 1.82) is 0 Å². The second-order valence-corrected chi connectivity index (χ2v) is 5.06. The zero-order valence-corrected chi connectivity index (χ0v) is 10.4. The minimum Gasteiger partial charge on any atom is -0.326 e. The predicted molar refractivity (Wildman–Crippen MR) is 70.3 cm³/mol. The molecule has 0 radical (unpaired) electrons. The number of hydrogen-bond acceptors (Lipinski definition) is 5. The third kappa shape index (κ3) is 2.00. The maximum atomic E-state index is 11.7. The van der Waals surface area contributed by atoms with E-state index in [1.165, 1.54) is 11.3 Å². The summed E-state index contributed by atoms with van der Waals surface area (Å²) in [4.78, 5) is 21.9. The number of anilines is 1. The normalized spacial score (nSPS) is 19.5. The number of nitrogens with zero attached hydrogens (tertiary/aromatic N) is 3. The third-order valence-electron chi connectivity index (χ3n) is 2.85. The summed E-state index contributed by atoms with van der Waals surface area (Å²) >= 11 is 1.47. The lowest BCUT2D eigenvalue weighted by molar-refractivity contribution is -0.117. The molecule has 1 amide bonds. The summed E-state index contributed by atoms with van der Waals surface area (Å²) in [6.45, 7) is 0.558. The van der Waals surface area contributed by atoms with Crippen LogP contribution in [0.15, 0.2) is 29.9 Å². The highest BCUT2D eigenvalue weighted by Gasteiger charge is 2.29. The van der Waals surface area contributed by atoms with Gasteiger partial charge >= 0.3 is 0 Å². The fourth-order valence-corrected chi connectivity index (χ4v) is 2.82. The van der Waals surface area contributed by atoms with Crippen molar-refractivity contribution in [3.63, 3.8) is 0 Å². The Balaban J connectivity index is 1.88. The molecule has 1 aliphatic heterocycles. The molecule has 0 spiro atoms. The second-order valence-electron chi connectivity index (χ2n) is 4.22. The summed E-state index contributed by atoms with van der Waals surface area (Å²) in [6, 6.07) is 3.72. The highest BCUT2D eigenvalue weighted by molar-refractivity contribution is 7.14. The van der Waals surface area contributed by atoms with Crippen LogP contribution in [0.2, 0.25) is 0 Å². The standard InChI is InChI=1S/C12H12N4OS/c13-9-5-11(17)16(6-9)12-15-10(7-18-12)8-1-3-14-4-2-8/h1-4,7,9H,5-6,13H2. The van der Waals surface area contributed by atoms with E-state index < -0.39 is 0 Å². The zero-order valence-electron chi connectivity index (χ0n) is 9.61. The van der Waals surface area contributed by atoms with Crippen molar-refractivity contribution < 1.29 is 4.79 Å². The van der Waals surface area contributed by atoms with Crippen LogP contribution in [0.1, 0.15) is 6.42 Å². The summed E-state index contributed by atoms with van der Waals surface area (Å²) < 4.78 is 0. The van der Waals surface area contributed by atoms with Crippen LogP contribution < -0.4 is 10.6 Å². The van der Waals surface area contributed by atoms with Crippen LogP contribution in [0.25, 0.3) is 11.3 Å². The molecule has 18 heavy (non-hydrogen) atoms. The maximum absolute atomic E-state index is 11.7. The molecule has 0 aliphatic carbocycles. The minimum absolute atomic E-state index is 0.0538. The largest absolute Gasteiger partial charge is 0.326 e. The van der Waals surface area contributed by atoms with E-state index >= 15 is 0 Å². The highest BCUT2D eigenvalue weighted by atomic mass is 32.1. The number of carbonyl (C=O) groups excluding carboxylic acids is 1. The first-order valence-electron chi connectivity index (χ1n) is 5.66. The van der Waals surface area contributed by atoms with Crippen LogP contribution in [0.3, 0.4) is 0 Å². The molecule has 1 saturated heterocycles. The van der Waals surface area contributed by atoms with E-state index in [2.05, 4.69) is 9.97 Å². The summed E-state index contributed by atoms with van der Waals surface area (Å²) in [5, 5.41) is 2.67. The van der Waals surface area contributed by atoms with Crippen molar-refractivity contribution in [2.24, 2.45) is 5.73 Å². The van der Waals surface area contributed by atoms with E-state index in [-0.39, 0.29) is 11.9 Å². The van der Waals surface area contributed by atoms with Crippen LogP contribution >= 0.6 is 11.3 Å². The Morgan fingerprint density at radius 1 is 1.39 bits per heavy atom. The van der Waals surface area contributed by atoms with E-state index in [0.29, 0.717) is 13.0 Å². The average molecular weight is 260 g/mol. The molecule has 5 nitrogen and oxygen atoms in total. The number of aromatic nitrogens is 2. The molecule has 0 saturated carbocycles. The Bertz CT molecular complexity index is 568. The third-order valence-corrected chi connectivity index (χ3v) is 3.72. The molecule has 1 unspecified atom stereocenters. The molecule has 1 aliphatic rings. The fraction of sp³-hybridized carbons (Fsp3) is 0.250. The minimum atomic E-state index is -0.0780. The molecule has 2 aromatic rings. The van der Waals surface area contributed by atoms with Crippen molar-refractivity contribution >= 4 is 22.4 Å². The Morgan fingerprint density at radius 2 is 2.17 bits per heavy atom. The van der Waals surface area contributed by atoms with E-state index in [9.17, 15) is 4.79 Å². The van der Waals surface area contributed by atoms with Gasteiger partial charge < -0.3 is 5.73 Å². The topological polar surface area (TPSA) is 72.1 Å². The van der Waals surface area contributed by atoms with Crippen LogP contribution in [0.5, 0.6) is 0 Å². The summed E-state index contributed by atoms with van der Waals surface area (Å²) in [5.41, 5.74) is 7.65. The van der Waals surface area contributed by atoms with Crippen molar-refractivity contribution in [2.75, 3.05) is 11.4 Å². The van der Waals surface area contributed by atoms with Gasteiger partial charge in [-0.25, -0.2) is 4.98 Å². The number of pyridine rings is 1. The van der Waals surface area contributed by atoms with Gasteiger partial charge in [0.1, 0.15) is 0 Å². The van der Waals surface area contributed by atoms with Gasteiger partial charge in [0.05, 0.1) is 5.69 Å². The lowest BCUT2D eigenvalue weighted by atomic mass is 10.2. The lowest BCUT2D eigenvalue weighted by Gasteiger charge is -2.11. The lowest BCUT2D eigenvalue weighted by Crippen LogP contribution is -2.27. The zero-order chi connectivity index (χ0) is 12.5. The summed E-state index contributed by atoms with van der Waals surface area (Å²) in [7, 11) is 0. The van der Waals surface area contributed by atoms with Crippen LogP contribution in [-0.2, 0) is 4.79 Å². The van der Waals surface area contributed by atoms with Gasteiger partial charge in [0.25, 0.3) is 0 Å². The Kier molecular flexibility index (Phi) is 2.81. The second kappa shape index (κ2) is 4.47. The first kappa shape index (κ1) is 11.3. The van der Waals surface area contributed by atoms with Gasteiger partial charge in [-0.05, 0) is 12.1 Å². The molecule has 0 bridgehead atoms. The first-order valence-corrected chi connectivity index (χ1v) is 6.54. The molecule has 2 aromatic heterocycles. The number of rotatable bonds is 2. The van der Waals surface area contributed by atoms with Crippen molar-refractivity contribution in [3.05, 3.63) is 29.9 Å². The number of hydrogen-bond donors (Lipinski definition) is 1. The molecule has 92 valence electrons. The smallest absolute Gasteiger partial charge is 0.230 e. The van der Waals surface area contributed by atoms with Crippen molar-refractivity contribution in [3.8, 4) is 11.3 Å². The van der Waals surface area contributed by atoms with Crippen LogP contribution in [0, 0.1) is 0 Å². The van der Waals surface area contributed by atoms with Gasteiger partial charge in [-0.15, -0.1) is 11.3 Å². The number of amides is 1. The molecule has 2 N–H and O–H groups in total. The quantitative estimate of drug-likeness (QED) is 0.882. The molecule has 3 heterocycles. The monoisotopic (exact) mass is 260 g/mol. The number of nitrogens with two attached hydrogens (primary N) is 1. The van der Waals surface area contributed by atoms with Crippen molar-refractivity contribution in [2.45, 2.75) is 12.5 Å². The van der Waals surface area contributed by atoms with Gasteiger partial charge in [0.2, 0.25) is 5.91 Å². The van der Waals surface area contributed by atoms with E-state index in [4.69, 9.17) is 5.73 Å². The molecule has 3 rings (SSSR count). The molecular weight excluding hydrogens is 248 g/mol. The highest BCUT2D eigenvalue weighted by Crippen LogP contribution is 2.29. The first-order chi connectivity index (χ1) is 8.74. The van der Waals surface area contributed by atoms with Gasteiger partial charge in [-0.1, -0.05) is 0 Å². The van der Waals surface area contributed by atoms with Gasteiger partial charge in [-0.2, -0.15) is 0 Å². The van der Waals surface area contributed by atoms with E-state index in [0.717, 1.165) is 16.4 Å². The number of carbonyl (C=O) groups is 1. The maximum Gasteiger partial charge on any atom is 0.230 e. The van der Waals surface area contributed by atoms with Crippen LogP contribution in [0.4, 0.5) is 5.13 Å². The Hall–Kier alpha value is -1.79. The average Bonchev–Trinajstić information content (AvgIpc) is 2.97. The Labute approximate surface area is 108 Å². The Morgan fingerprint density at radius 3 is 2.83 bits per heavy atom. The number of thiazole rings is 1. The fourth-order valence-electron chi connectivity index (χ4n) is 1.96. The predicted octanol–water partition coefficient (Wildman–Crippen LogP) is 1.27. The van der Waals surface area contributed by atoms with Crippen LogP contribution in [-0.4, -0.2) is 28.5 Å². The molecule has 0 aromatic carbocycles. The SMILES string of the molecule is NC1CC(=O)N(c2nc(-c3ccncc3)cs2)C1. The molecular formula is C12H12N4OS. The summed E-state index contributed by atoms with van der Waals surface area (Å²) in [5.74, 6) is 0.0538. The van der Waals surface area contributed by atoms with E-state index in [1.807, 2.05) is 17.5 Å². The molecule has 1 atom stereocenters. The van der Waals surface area contributed by atoms with Gasteiger partial charge in [0.15, 0.2) is 5.13 Å². The molecule has 6 heteroatoms.